The van der Waals surface area contributed by atoms with Crippen LogP contribution in [0.25, 0.3) is 0 Å². The zero-order chi connectivity index (χ0) is 15.4. The average molecular weight is 288 g/mol. The summed E-state index contributed by atoms with van der Waals surface area (Å²) in [7, 11) is 0. The van der Waals surface area contributed by atoms with Gasteiger partial charge in [-0.25, -0.2) is 0 Å². The zero-order valence-electron chi connectivity index (χ0n) is 13.5. The first-order valence-corrected chi connectivity index (χ1v) is 7.60. The van der Waals surface area contributed by atoms with Gasteiger partial charge < -0.3 is 14.2 Å². The third kappa shape index (κ3) is 2.31. The summed E-state index contributed by atoms with van der Waals surface area (Å²) < 4.78 is 7.58. The lowest BCUT2D eigenvalue weighted by Gasteiger charge is -2.34. The maximum atomic E-state index is 10.4. The molecular weight excluding hydrogens is 264 g/mol. The van der Waals surface area contributed by atoms with E-state index in [0.29, 0.717) is 0 Å². The van der Waals surface area contributed by atoms with Gasteiger partial charge in [0.05, 0.1) is 17.8 Å². The molecule has 114 valence electrons. The summed E-state index contributed by atoms with van der Waals surface area (Å²) in [6, 6.07) is 2.23. The molecule has 1 aliphatic carbocycles. The SMILES string of the molecule is Cc1noc(C)c1C(C)n1ccc2c1CC(C)(C)CC2O. The Labute approximate surface area is 125 Å². The summed E-state index contributed by atoms with van der Waals surface area (Å²) in [4.78, 5) is 0. The van der Waals surface area contributed by atoms with E-state index in [9.17, 15) is 5.11 Å². The van der Waals surface area contributed by atoms with Crippen molar-refractivity contribution >= 4 is 0 Å². The van der Waals surface area contributed by atoms with Crippen molar-refractivity contribution in [1.29, 1.82) is 0 Å². The first kappa shape index (κ1) is 14.4. The van der Waals surface area contributed by atoms with Crippen LogP contribution < -0.4 is 0 Å². The summed E-state index contributed by atoms with van der Waals surface area (Å²) in [5, 5.41) is 14.5. The summed E-state index contributed by atoms with van der Waals surface area (Å²) >= 11 is 0. The molecule has 0 spiro atoms. The van der Waals surface area contributed by atoms with Crippen LogP contribution in [0.2, 0.25) is 0 Å². The van der Waals surface area contributed by atoms with Crippen molar-refractivity contribution in [2.24, 2.45) is 5.41 Å². The van der Waals surface area contributed by atoms with Gasteiger partial charge in [-0.3, -0.25) is 0 Å². The highest BCUT2D eigenvalue weighted by molar-refractivity contribution is 5.33. The molecule has 2 aromatic rings. The van der Waals surface area contributed by atoms with E-state index in [2.05, 4.69) is 42.8 Å². The number of hydrogen-bond acceptors (Lipinski definition) is 3. The maximum absolute atomic E-state index is 10.4. The quantitative estimate of drug-likeness (QED) is 0.916. The van der Waals surface area contributed by atoms with Crippen LogP contribution >= 0.6 is 0 Å². The number of aliphatic hydroxyl groups is 1. The molecule has 4 heteroatoms. The fourth-order valence-corrected chi connectivity index (χ4v) is 3.74. The van der Waals surface area contributed by atoms with Crippen LogP contribution in [0.5, 0.6) is 0 Å². The summed E-state index contributed by atoms with van der Waals surface area (Å²) in [6.45, 7) is 10.5. The van der Waals surface area contributed by atoms with Crippen molar-refractivity contribution < 1.29 is 9.63 Å². The molecule has 2 aromatic heterocycles. The Bertz CT molecular complexity index is 647. The molecule has 2 heterocycles. The smallest absolute Gasteiger partial charge is 0.139 e. The normalized spacial score (nSPS) is 22.1. The highest BCUT2D eigenvalue weighted by atomic mass is 16.5. The summed E-state index contributed by atoms with van der Waals surface area (Å²) in [5.74, 6) is 0.873. The Balaban J connectivity index is 2.06. The Kier molecular flexibility index (Phi) is 3.24. The first-order chi connectivity index (χ1) is 9.80. The monoisotopic (exact) mass is 288 g/mol. The molecule has 0 amide bonds. The number of aromatic nitrogens is 2. The minimum Gasteiger partial charge on any atom is -0.388 e. The van der Waals surface area contributed by atoms with E-state index < -0.39 is 0 Å². The molecule has 2 unspecified atom stereocenters. The van der Waals surface area contributed by atoms with Crippen LogP contribution in [-0.4, -0.2) is 14.8 Å². The predicted molar refractivity (Wildman–Crippen MR) is 81.3 cm³/mol. The third-order valence-electron chi connectivity index (χ3n) is 4.73. The van der Waals surface area contributed by atoms with Gasteiger partial charge in [0.2, 0.25) is 0 Å². The van der Waals surface area contributed by atoms with E-state index in [1.807, 2.05) is 13.8 Å². The molecule has 0 saturated carbocycles. The Morgan fingerprint density at radius 2 is 2.14 bits per heavy atom. The van der Waals surface area contributed by atoms with Gasteiger partial charge in [0, 0.05) is 23.0 Å². The highest BCUT2D eigenvalue weighted by Gasteiger charge is 2.34. The zero-order valence-corrected chi connectivity index (χ0v) is 13.5. The van der Waals surface area contributed by atoms with Gasteiger partial charge >= 0.3 is 0 Å². The fraction of sp³-hybridized carbons (Fsp3) is 0.588. The summed E-state index contributed by atoms with van der Waals surface area (Å²) in [6.07, 6.45) is 3.54. The highest BCUT2D eigenvalue weighted by Crippen LogP contribution is 2.42. The van der Waals surface area contributed by atoms with Crippen molar-refractivity contribution in [2.45, 2.75) is 59.6 Å². The van der Waals surface area contributed by atoms with Crippen molar-refractivity contribution in [3.63, 3.8) is 0 Å². The summed E-state index contributed by atoms with van der Waals surface area (Å²) in [5.41, 5.74) is 4.53. The average Bonchev–Trinajstić information content (AvgIpc) is 2.91. The van der Waals surface area contributed by atoms with E-state index in [0.717, 1.165) is 35.4 Å². The minimum atomic E-state index is -0.359. The molecule has 0 aromatic carbocycles. The van der Waals surface area contributed by atoms with Crippen LogP contribution in [0, 0.1) is 19.3 Å². The molecule has 0 aliphatic heterocycles. The number of nitrogens with zero attached hydrogens (tertiary/aromatic N) is 2. The second kappa shape index (κ2) is 4.73. The molecule has 2 atom stereocenters. The number of hydrogen-bond donors (Lipinski definition) is 1. The largest absolute Gasteiger partial charge is 0.388 e. The Hall–Kier alpha value is -1.55. The minimum absolute atomic E-state index is 0.126. The van der Waals surface area contributed by atoms with Crippen LogP contribution in [0.15, 0.2) is 16.8 Å². The third-order valence-corrected chi connectivity index (χ3v) is 4.73. The second-order valence-electron chi connectivity index (χ2n) is 7.10. The van der Waals surface area contributed by atoms with Gasteiger partial charge in [0.25, 0.3) is 0 Å². The maximum Gasteiger partial charge on any atom is 0.139 e. The molecule has 3 rings (SSSR count). The second-order valence-corrected chi connectivity index (χ2v) is 7.10. The van der Waals surface area contributed by atoms with Crippen LogP contribution in [0.4, 0.5) is 0 Å². The lowest BCUT2D eigenvalue weighted by Crippen LogP contribution is -2.27. The number of fused-ring (bicyclic) bond motifs is 1. The van der Waals surface area contributed by atoms with E-state index in [-0.39, 0.29) is 17.6 Å². The lowest BCUT2D eigenvalue weighted by molar-refractivity contribution is 0.0977. The van der Waals surface area contributed by atoms with E-state index in [1.165, 1.54) is 5.69 Å². The van der Waals surface area contributed by atoms with E-state index in [4.69, 9.17) is 4.52 Å². The molecule has 0 saturated heterocycles. The molecule has 0 radical (unpaired) electrons. The van der Waals surface area contributed by atoms with E-state index in [1.54, 1.807) is 0 Å². The fourth-order valence-electron chi connectivity index (χ4n) is 3.74. The molecular formula is C17H24N2O2. The molecule has 0 bridgehead atoms. The number of aliphatic hydroxyl groups excluding tert-OH is 1. The van der Waals surface area contributed by atoms with Gasteiger partial charge in [-0.05, 0) is 45.1 Å². The topological polar surface area (TPSA) is 51.2 Å². The standard InChI is InChI=1S/C17H24N2O2/c1-10-16(12(3)21-18-10)11(2)19-7-6-13-14(19)8-17(4,5)9-15(13)20/h6-7,11,15,20H,8-9H2,1-5H3. The number of rotatable bonds is 2. The Morgan fingerprint density at radius 1 is 1.43 bits per heavy atom. The van der Waals surface area contributed by atoms with Crippen molar-refractivity contribution in [1.82, 2.24) is 9.72 Å². The molecule has 4 nitrogen and oxygen atoms in total. The van der Waals surface area contributed by atoms with Crippen molar-refractivity contribution in [3.8, 4) is 0 Å². The van der Waals surface area contributed by atoms with Crippen molar-refractivity contribution in [3.05, 3.63) is 40.5 Å². The van der Waals surface area contributed by atoms with Gasteiger partial charge in [0.1, 0.15) is 5.76 Å². The van der Waals surface area contributed by atoms with Gasteiger partial charge in [-0.1, -0.05) is 19.0 Å². The first-order valence-electron chi connectivity index (χ1n) is 7.60. The molecule has 21 heavy (non-hydrogen) atoms. The Morgan fingerprint density at radius 3 is 2.76 bits per heavy atom. The number of aryl methyl sites for hydroxylation is 2. The van der Waals surface area contributed by atoms with Crippen LogP contribution in [-0.2, 0) is 6.42 Å². The van der Waals surface area contributed by atoms with Gasteiger partial charge in [-0.2, -0.15) is 0 Å². The van der Waals surface area contributed by atoms with E-state index >= 15 is 0 Å². The van der Waals surface area contributed by atoms with Crippen LogP contribution in [0.1, 0.15) is 67.6 Å². The molecule has 1 N–H and O–H groups in total. The van der Waals surface area contributed by atoms with Crippen LogP contribution in [0.3, 0.4) is 0 Å². The predicted octanol–water partition coefficient (Wildman–Crippen LogP) is 3.71. The van der Waals surface area contributed by atoms with Gasteiger partial charge in [-0.15, -0.1) is 0 Å². The van der Waals surface area contributed by atoms with Gasteiger partial charge in [0.15, 0.2) is 0 Å². The van der Waals surface area contributed by atoms with Crippen molar-refractivity contribution in [2.75, 3.05) is 0 Å². The molecule has 0 fully saturated rings. The molecule has 1 aliphatic rings. The lowest BCUT2D eigenvalue weighted by atomic mass is 9.75.